The maximum Gasteiger partial charge on any atom is 0.416 e. The monoisotopic (exact) mass is 581 g/mol. The smallest absolute Gasteiger partial charge is 0.416 e. The first-order valence-electron chi connectivity index (χ1n) is 13.4. The van der Waals surface area contributed by atoms with E-state index >= 15 is 0 Å². The Hall–Kier alpha value is -4.45. The highest BCUT2D eigenvalue weighted by atomic mass is 19.4. The third kappa shape index (κ3) is 7.06. The van der Waals surface area contributed by atoms with Gasteiger partial charge in [0, 0.05) is 36.4 Å². The number of nitrogens with zero attached hydrogens (tertiary/aromatic N) is 4. The van der Waals surface area contributed by atoms with Crippen molar-refractivity contribution in [1.29, 1.82) is 0 Å². The summed E-state index contributed by atoms with van der Waals surface area (Å²) in [6, 6.07) is 12.4. The molecule has 12 heteroatoms. The SMILES string of the molecule is CC(C)(C)OC(=O)C1CCN(Cc2cc(Oc3ccc4c(ccn4C(=O)Nc4cccc(C(F)(F)F)c4)c3)ncn2)C1. The number of hydrogen-bond donors (Lipinski definition) is 1. The summed E-state index contributed by atoms with van der Waals surface area (Å²) in [5.74, 6) is 0.459. The molecule has 0 saturated carbocycles. The number of fused-ring (bicyclic) bond motifs is 1. The predicted molar refractivity (Wildman–Crippen MR) is 149 cm³/mol. The van der Waals surface area contributed by atoms with Crippen LogP contribution in [0, 0.1) is 5.92 Å². The summed E-state index contributed by atoms with van der Waals surface area (Å²) in [5.41, 5.74) is -0.0521. The van der Waals surface area contributed by atoms with Crippen LogP contribution in [0.1, 0.15) is 38.4 Å². The van der Waals surface area contributed by atoms with Crippen LogP contribution in [0.4, 0.5) is 23.7 Å². The number of hydrogen-bond acceptors (Lipinski definition) is 7. The molecule has 1 aliphatic rings. The number of halogens is 3. The van der Waals surface area contributed by atoms with Crippen LogP contribution in [0.5, 0.6) is 11.6 Å². The van der Waals surface area contributed by atoms with E-state index in [0.717, 1.165) is 30.8 Å². The molecule has 1 fully saturated rings. The molecule has 1 unspecified atom stereocenters. The van der Waals surface area contributed by atoms with Gasteiger partial charge in [0.2, 0.25) is 5.88 Å². The number of benzene rings is 2. The highest BCUT2D eigenvalue weighted by molar-refractivity contribution is 5.98. The van der Waals surface area contributed by atoms with Gasteiger partial charge in [-0.1, -0.05) is 6.07 Å². The Bertz CT molecular complexity index is 1610. The van der Waals surface area contributed by atoms with Gasteiger partial charge in [0.15, 0.2) is 0 Å². The van der Waals surface area contributed by atoms with Gasteiger partial charge in [0.25, 0.3) is 0 Å². The highest BCUT2D eigenvalue weighted by Crippen LogP contribution is 2.31. The Labute approximate surface area is 240 Å². The average molecular weight is 582 g/mol. The number of likely N-dealkylation sites (tertiary alicyclic amines) is 1. The first-order valence-corrected chi connectivity index (χ1v) is 13.4. The lowest BCUT2D eigenvalue weighted by molar-refractivity contribution is -0.159. The molecule has 220 valence electrons. The molecule has 0 aliphatic carbocycles. The van der Waals surface area contributed by atoms with Gasteiger partial charge < -0.3 is 14.8 Å². The lowest BCUT2D eigenvalue weighted by Gasteiger charge is -2.22. The van der Waals surface area contributed by atoms with E-state index in [1.807, 2.05) is 20.8 Å². The van der Waals surface area contributed by atoms with Crippen molar-refractivity contribution in [3.05, 3.63) is 78.4 Å². The number of aromatic nitrogens is 3. The van der Waals surface area contributed by atoms with E-state index < -0.39 is 23.4 Å². The van der Waals surface area contributed by atoms with Crippen molar-refractivity contribution < 1.29 is 32.2 Å². The van der Waals surface area contributed by atoms with Crippen molar-refractivity contribution in [3.63, 3.8) is 0 Å². The van der Waals surface area contributed by atoms with E-state index in [0.29, 0.717) is 35.6 Å². The fraction of sp³-hybridized carbons (Fsp3) is 0.333. The van der Waals surface area contributed by atoms with Gasteiger partial charge in [-0.25, -0.2) is 14.8 Å². The molecule has 2 aromatic heterocycles. The lowest BCUT2D eigenvalue weighted by atomic mass is 10.1. The number of nitrogens with one attached hydrogen (secondary N) is 1. The lowest BCUT2D eigenvalue weighted by Crippen LogP contribution is -2.30. The van der Waals surface area contributed by atoms with Crippen LogP contribution in [0.3, 0.4) is 0 Å². The van der Waals surface area contributed by atoms with E-state index in [9.17, 15) is 22.8 Å². The molecule has 42 heavy (non-hydrogen) atoms. The normalized spacial score (nSPS) is 16.0. The van der Waals surface area contributed by atoms with Gasteiger partial charge in [-0.15, -0.1) is 0 Å². The van der Waals surface area contributed by atoms with Gasteiger partial charge in [-0.05, 0) is 76.2 Å². The molecule has 5 rings (SSSR count). The zero-order chi connectivity index (χ0) is 30.1. The molecule has 0 radical (unpaired) electrons. The van der Waals surface area contributed by atoms with Crippen molar-refractivity contribution >= 4 is 28.6 Å². The third-order valence-electron chi connectivity index (χ3n) is 6.64. The Morgan fingerprint density at radius 1 is 1.05 bits per heavy atom. The average Bonchev–Trinajstić information content (AvgIpc) is 3.55. The Morgan fingerprint density at radius 3 is 2.62 bits per heavy atom. The molecular formula is C30H30F3N5O4. The van der Waals surface area contributed by atoms with Crippen LogP contribution >= 0.6 is 0 Å². The van der Waals surface area contributed by atoms with E-state index in [1.54, 1.807) is 30.3 Å². The van der Waals surface area contributed by atoms with Crippen molar-refractivity contribution in [3.8, 4) is 11.6 Å². The molecule has 0 spiro atoms. The molecule has 2 aromatic carbocycles. The quantitative estimate of drug-likeness (QED) is 0.260. The molecule has 0 bridgehead atoms. The standard InChI is InChI=1S/C30H30F3N5O4/c1-29(2,3)42-27(39)20-9-11-37(16-20)17-23-15-26(35-18-34-23)41-24-7-8-25-19(13-24)10-12-38(25)28(40)36-22-6-4-5-21(14-22)30(31,32)33/h4-8,10,12-15,18,20H,9,11,16-17H2,1-3H3,(H,36,40). The number of carbonyl (C=O) groups excluding carboxylic acids is 2. The molecular weight excluding hydrogens is 551 g/mol. The third-order valence-corrected chi connectivity index (χ3v) is 6.64. The second kappa shape index (κ2) is 11.4. The molecule has 1 N–H and O–H groups in total. The fourth-order valence-electron chi connectivity index (χ4n) is 4.74. The molecule has 3 heterocycles. The molecule has 1 amide bonds. The van der Waals surface area contributed by atoms with Gasteiger partial charge in [0.05, 0.1) is 22.7 Å². The summed E-state index contributed by atoms with van der Waals surface area (Å²) in [5, 5.41) is 3.19. The van der Waals surface area contributed by atoms with Crippen LogP contribution in [-0.4, -0.2) is 50.1 Å². The van der Waals surface area contributed by atoms with Crippen LogP contribution in [0.2, 0.25) is 0 Å². The summed E-state index contributed by atoms with van der Waals surface area (Å²) in [4.78, 5) is 35.9. The predicted octanol–water partition coefficient (Wildman–Crippen LogP) is 6.49. The Kier molecular flexibility index (Phi) is 7.91. The Morgan fingerprint density at radius 2 is 1.86 bits per heavy atom. The van der Waals surface area contributed by atoms with E-state index in [1.165, 1.54) is 29.2 Å². The number of alkyl halides is 3. The maximum atomic E-state index is 13.0. The minimum Gasteiger partial charge on any atom is -0.460 e. The van der Waals surface area contributed by atoms with Crippen molar-refractivity contribution in [1.82, 2.24) is 19.4 Å². The van der Waals surface area contributed by atoms with Gasteiger partial charge >= 0.3 is 18.2 Å². The zero-order valence-corrected chi connectivity index (χ0v) is 23.3. The highest BCUT2D eigenvalue weighted by Gasteiger charge is 2.32. The zero-order valence-electron chi connectivity index (χ0n) is 23.3. The topological polar surface area (TPSA) is 98.6 Å². The first kappa shape index (κ1) is 29.1. The molecule has 1 aliphatic heterocycles. The summed E-state index contributed by atoms with van der Waals surface area (Å²) < 4.78 is 51.9. The second-order valence-electron chi connectivity index (χ2n) is 11.1. The summed E-state index contributed by atoms with van der Waals surface area (Å²) in [6.45, 7) is 7.43. The van der Waals surface area contributed by atoms with Gasteiger partial charge in [-0.3, -0.25) is 14.3 Å². The molecule has 4 aromatic rings. The van der Waals surface area contributed by atoms with E-state index in [-0.39, 0.29) is 17.6 Å². The van der Waals surface area contributed by atoms with Crippen LogP contribution in [0.15, 0.2) is 67.1 Å². The summed E-state index contributed by atoms with van der Waals surface area (Å²) >= 11 is 0. The van der Waals surface area contributed by atoms with Crippen molar-refractivity contribution in [2.24, 2.45) is 5.92 Å². The number of carbonyl (C=O) groups is 2. The van der Waals surface area contributed by atoms with Crippen LogP contribution in [0.25, 0.3) is 10.9 Å². The largest absolute Gasteiger partial charge is 0.460 e. The fourth-order valence-corrected chi connectivity index (χ4v) is 4.74. The first-order chi connectivity index (χ1) is 19.8. The minimum atomic E-state index is -4.51. The maximum absolute atomic E-state index is 13.0. The minimum absolute atomic E-state index is 0.0329. The van der Waals surface area contributed by atoms with Crippen molar-refractivity contribution in [2.45, 2.75) is 45.5 Å². The van der Waals surface area contributed by atoms with E-state index in [2.05, 4.69) is 20.2 Å². The van der Waals surface area contributed by atoms with Gasteiger partial charge in [-0.2, -0.15) is 13.2 Å². The second-order valence-corrected chi connectivity index (χ2v) is 11.1. The van der Waals surface area contributed by atoms with E-state index in [4.69, 9.17) is 9.47 Å². The van der Waals surface area contributed by atoms with Crippen LogP contribution in [-0.2, 0) is 22.3 Å². The number of amides is 1. The summed E-state index contributed by atoms with van der Waals surface area (Å²) in [7, 11) is 0. The molecule has 9 nitrogen and oxygen atoms in total. The summed E-state index contributed by atoms with van der Waals surface area (Å²) in [6.07, 6.45) is -0.846. The van der Waals surface area contributed by atoms with Gasteiger partial charge in [0.1, 0.15) is 17.7 Å². The number of anilines is 1. The number of esters is 1. The Balaban J connectivity index is 1.22. The van der Waals surface area contributed by atoms with Crippen molar-refractivity contribution in [2.75, 3.05) is 18.4 Å². The molecule has 1 atom stereocenters. The molecule has 1 saturated heterocycles. The number of rotatable bonds is 6. The number of ether oxygens (including phenoxy) is 2. The van der Waals surface area contributed by atoms with Crippen LogP contribution < -0.4 is 10.1 Å².